The van der Waals surface area contributed by atoms with Crippen molar-refractivity contribution in [2.24, 2.45) is 4.99 Å². The predicted molar refractivity (Wildman–Crippen MR) is 96.6 cm³/mol. The van der Waals surface area contributed by atoms with Crippen LogP contribution in [0.5, 0.6) is 0 Å². The molecular weight excluding hydrogens is 340 g/mol. The van der Waals surface area contributed by atoms with Crippen molar-refractivity contribution in [1.29, 1.82) is 0 Å². The van der Waals surface area contributed by atoms with Crippen molar-refractivity contribution in [3.8, 4) is 0 Å². The fraction of sp³-hybridized carbons (Fsp3) is 0.176. The largest absolute Gasteiger partial charge is 0.343 e. The van der Waals surface area contributed by atoms with Gasteiger partial charge in [-0.05, 0) is 34.6 Å². The van der Waals surface area contributed by atoms with E-state index in [0.29, 0.717) is 17.9 Å². The molecule has 0 unspecified atom stereocenters. The number of nitrogens with one attached hydrogen (secondary N) is 1. The summed E-state index contributed by atoms with van der Waals surface area (Å²) in [7, 11) is 0. The highest BCUT2D eigenvalue weighted by Gasteiger charge is 2.14. The van der Waals surface area contributed by atoms with E-state index in [1.165, 1.54) is 6.20 Å². The van der Waals surface area contributed by atoms with Gasteiger partial charge in [-0.1, -0.05) is 42.5 Å². The van der Waals surface area contributed by atoms with Gasteiger partial charge in [0.1, 0.15) is 0 Å². The third kappa shape index (κ3) is 3.74. The quantitative estimate of drug-likeness (QED) is 0.574. The van der Waals surface area contributed by atoms with Gasteiger partial charge < -0.3 is 9.88 Å². The van der Waals surface area contributed by atoms with Crippen molar-refractivity contribution in [1.82, 2.24) is 9.88 Å². The summed E-state index contributed by atoms with van der Waals surface area (Å²) in [5.41, 5.74) is 1.00. The van der Waals surface area contributed by atoms with Gasteiger partial charge >= 0.3 is 11.0 Å². The van der Waals surface area contributed by atoms with Gasteiger partial charge in [0.15, 0.2) is 0 Å². The van der Waals surface area contributed by atoms with Gasteiger partial charge in [-0.25, -0.2) is 4.79 Å². The first kappa shape index (κ1) is 16.8. The molecule has 0 aliphatic heterocycles. The number of hydrogen-bond donors (Lipinski definition) is 1. The van der Waals surface area contributed by atoms with Crippen molar-refractivity contribution in [2.75, 3.05) is 6.54 Å². The lowest BCUT2D eigenvalue weighted by atomic mass is 10.0. The van der Waals surface area contributed by atoms with Gasteiger partial charge in [0.2, 0.25) is 4.80 Å². The lowest BCUT2D eigenvalue weighted by Crippen LogP contribution is -2.24. The molecular formula is C17H16N4O3S. The van der Waals surface area contributed by atoms with Gasteiger partial charge in [-0.3, -0.25) is 10.1 Å². The first-order valence-electron chi connectivity index (χ1n) is 7.72. The highest BCUT2D eigenvalue weighted by atomic mass is 32.1. The van der Waals surface area contributed by atoms with Crippen molar-refractivity contribution in [3.63, 3.8) is 0 Å². The van der Waals surface area contributed by atoms with Crippen LogP contribution in [0.15, 0.2) is 53.7 Å². The molecule has 1 aromatic heterocycles. The highest BCUT2D eigenvalue weighted by molar-refractivity contribution is 7.12. The van der Waals surface area contributed by atoms with Crippen LogP contribution in [0, 0.1) is 10.1 Å². The summed E-state index contributed by atoms with van der Waals surface area (Å²) in [5, 5.41) is 15.8. The molecule has 2 amide bonds. The van der Waals surface area contributed by atoms with Crippen LogP contribution in [0.1, 0.15) is 12.5 Å². The number of benzene rings is 2. The maximum absolute atomic E-state index is 11.8. The van der Waals surface area contributed by atoms with Crippen LogP contribution in [0.25, 0.3) is 10.8 Å². The maximum atomic E-state index is 11.8. The molecule has 2 aromatic carbocycles. The molecule has 25 heavy (non-hydrogen) atoms. The molecule has 8 heteroatoms. The van der Waals surface area contributed by atoms with E-state index < -0.39 is 11.0 Å². The summed E-state index contributed by atoms with van der Waals surface area (Å²) in [5.74, 6) is 0. The lowest BCUT2D eigenvalue weighted by molar-refractivity contribution is -0.380. The fourth-order valence-corrected chi connectivity index (χ4v) is 3.35. The van der Waals surface area contributed by atoms with Crippen molar-refractivity contribution >= 4 is 33.1 Å². The molecule has 0 spiro atoms. The second-order valence-corrected chi connectivity index (χ2v) is 6.31. The fourth-order valence-electron chi connectivity index (χ4n) is 2.54. The zero-order valence-corrected chi connectivity index (χ0v) is 14.3. The van der Waals surface area contributed by atoms with Crippen LogP contribution in [-0.4, -0.2) is 22.1 Å². The van der Waals surface area contributed by atoms with E-state index in [0.717, 1.165) is 27.7 Å². The van der Waals surface area contributed by atoms with Gasteiger partial charge in [-0.2, -0.15) is 4.99 Å². The molecule has 0 saturated carbocycles. The molecule has 0 fully saturated rings. The number of aromatic nitrogens is 1. The number of hydrogen-bond acceptors (Lipinski definition) is 4. The molecule has 0 aliphatic carbocycles. The molecule has 0 atom stereocenters. The van der Waals surface area contributed by atoms with E-state index in [4.69, 9.17) is 0 Å². The predicted octanol–water partition coefficient (Wildman–Crippen LogP) is 3.29. The third-order valence-electron chi connectivity index (χ3n) is 3.63. The number of carbonyl (C=O) groups is 1. The zero-order valence-electron chi connectivity index (χ0n) is 13.5. The summed E-state index contributed by atoms with van der Waals surface area (Å²) in [6.45, 7) is 2.62. The number of carbonyl (C=O) groups excluding carboxylic acids is 1. The number of fused-ring (bicyclic) bond motifs is 1. The molecule has 128 valence electrons. The van der Waals surface area contributed by atoms with Gasteiger partial charge in [0.05, 0.1) is 17.7 Å². The van der Waals surface area contributed by atoms with E-state index >= 15 is 0 Å². The van der Waals surface area contributed by atoms with Crippen molar-refractivity contribution in [2.45, 2.75) is 13.5 Å². The second-order valence-electron chi connectivity index (χ2n) is 5.32. The van der Waals surface area contributed by atoms with Crippen LogP contribution in [0.3, 0.4) is 0 Å². The summed E-state index contributed by atoms with van der Waals surface area (Å²) < 4.78 is 1.64. The zero-order chi connectivity index (χ0) is 17.8. The average Bonchev–Trinajstić information content (AvgIpc) is 2.98. The first-order chi connectivity index (χ1) is 12.1. The van der Waals surface area contributed by atoms with Crippen LogP contribution in [0.2, 0.25) is 0 Å². The van der Waals surface area contributed by atoms with E-state index in [1.807, 2.05) is 42.5 Å². The maximum Gasteiger partial charge on any atom is 0.343 e. The monoisotopic (exact) mass is 356 g/mol. The molecule has 3 rings (SSSR count). The van der Waals surface area contributed by atoms with Crippen molar-refractivity contribution < 1.29 is 9.72 Å². The minimum atomic E-state index is -0.508. The van der Waals surface area contributed by atoms with Gasteiger partial charge in [0.25, 0.3) is 0 Å². The summed E-state index contributed by atoms with van der Waals surface area (Å²) in [6, 6.07) is 13.3. The van der Waals surface area contributed by atoms with Crippen LogP contribution >= 0.6 is 11.3 Å². The number of nitrogens with zero attached hydrogens (tertiary/aromatic N) is 3. The van der Waals surface area contributed by atoms with Crippen molar-refractivity contribution in [3.05, 3.63) is 69.1 Å². The Morgan fingerprint density at radius 1 is 1.28 bits per heavy atom. The molecule has 1 N–H and O–H groups in total. The normalized spacial score (nSPS) is 11.6. The molecule has 1 heterocycles. The number of amides is 2. The third-order valence-corrected chi connectivity index (χ3v) is 4.61. The summed E-state index contributed by atoms with van der Waals surface area (Å²) in [6.07, 6.45) is 1.42. The lowest BCUT2D eigenvalue weighted by Gasteiger charge is -2.07. The number of nitro groups is 1. The smallest absolute Gasteiger partial charge is 0.336 e. The molecule has 0 aliphatic rings. The van der Waals surface area contributed by atoms with Crippen LogP contribution in [-0.2, 0) is 6.54 Å². The first-order valence-corrected chi connectivity index (χ1v) is 8.54. The van der Waals surface area contributed by atoms with Gasteiger partial charge in [-0.15, -0.1) is 0 Å². The van der Waals surface area contributed by atoms with E-state index in [2.05, 4.69) is 10.3 Å². The Morgan fingerprint density at radius 3 is 2.80 bits per heavy atom. The van der Waals surface area contributed by atoms with E-state index in [9.17, 15) is 14.9 Å². The highest BCUT2D eigenvalue weighted by Crippen LogP contribution is 2.21. The Kier molecular flexibility index (Phi) is 4.90. The number of thiazole rings is 1. The van der Waals surface area contributed by atoms with Crippen LogP contribution < -0.4 is 10.1 Å². The second kappa shape index (κ2) is 7.27. The molecule has 0 bridgehead atoms. The number of urea groups is 1. The SMILES string of the molecule is CCNC(=O)/N=c1\sc([N+](=O)[O-])cn1Cc1cccc2ccccc12. The van der Waals surface area contributed by atoms with E-state index in [1.54, 1.807) is 11.5 Å². The van der Waals surface area contributed by atoms with E-state index in [-0.39, 0.29) is 5.00 Å². The number of rotatable bonds is 4. The molecule has 0 radical (unpaired) electrons. The Hall–Kier alpha value is -3.00. The standard InChI is InChI=1S/C17H16N4O3S/c1-2-18-16(22)19-17-20(11-15(25-17)21(23)24)10-13-8-5-7-12-6-3-4-9-14(12)13/h3-9,11H,2,10H2,1H3,(H,18,22)/b19-17-. The van der Waals surface area contributed by atoms with Gasteiger partial charge in [0, 0.05) is 6.54 Å². The topological polar surface area (TPSA) is 89.5 Å². The minimum absolute atomic E-state index is 0.0525. The van der Waals surface area contributed by atoms with Crippen LogP contribution in [0.4, 0.5) is 9.80 Å². The Balaban J connectivity index is 2.06. The Bertz CT molecular complexity index is 1000. The molecule has 3 aromatic rings. The Morgan fingerprint density at radius 2 is 2.04 bits per heavy atom. The molecule has 0 saturated heterocycles. The summed E-state index contributed by atoms with van der Waals surface area (Å²) in [4.78, 5) is 26.6. The average molecular weight is 356 g/mol. The minimum Gasteiger partial charge on any atom is -0.336 e. The Labute approximate surface area is 147 Å². The summed E-state index contributed by atoms with van der Waals surface area (Å²) >= 11 is 0.883. The molecule has 7 nitrogen and oxygen atoms in total.